The largest absolute Gasteiger partial charge is 0.497 e. The van der Waals surface area contributed by atoms with Crippen LogP contribution in [0.3, 0.4) is 0 Å². The van der Waals surface area contributed by atoms with Gasteiger partial charge in [0.1, 0.15) is 17.4 Å². The molecule has 1 aromatic carbocycles. The van der Waals surface area contributed by atoms with E-state index in [1.807, 2.05) is 31.2 Å². The summed E-state index contributed by atoms with van der Waals surface area (Å²) in [6.07, 6.45) is 2.55. The van der Waals surface area contributed by atoms with Crippen molar-refractivity contribution in [2.75, 3.05) is 40.4 Å². The number of ether oxygens (including phenoxy) is 2. The van der Waals surface area contributed by atoms with Gasteiger partial charge in [-0.3, -0.25) is 4.79 Å². The summed E-state index contributed by atoms with van der Waals surface area (Å²) in [5.74, 6) is 7.15. The van der Waals surface area contributed by atoms with E-state index in [-0.39, 0.29) is 30.6 Å². The lowest BCUT2D eigenvalue weighted by molar-refractivity contribution is 0.0331. The van der Waals surface area contributed by atoms with Gasteiger partial charge in [0.05, 0.1) is 19.8 Å². The number of rotatable bonds is 7. The molecule has 1 N–H and O–H groups in total. The molecule has 182 valence electrons. The Labute approximate surface area is 202 Å². The van der Waals surface area contributed by atoms with Crippen LogP contribution < -0.4 is 9.47 Å². The first-order valence-electron chi connectivity index (χ1n) is 11.8. The van der Waals surface area contributed by atoms with E-state index in [1.54, 1.807) is 24.3 Å². The zero-order valence-corrected chi connectivity index (χ0v) is 20.7. The second-order valence-electron chi connectivity index (χ2n) is 8.94. The van der Waals surface area contributed by atoms with Crippen molar-refractivity contribution in [2.24, 2.45) is 5.92 Å². The van der Waals surface area contributed by atoms with E-state index in [9.17, 15) is 9.90 Å². The van der Waals surface area contributed by atoms with Crippen molar-refractivity contribution in [2.45, 2.75) is 39.3 Å². The first-order chi connectivity index (χ1) is 16.4. The lowest BCUT2D eigenvalue weighted by atomic mass is 10.00. The zero-order valence-electron chi connectivity index (χ0n) is 20.7. The van der Waals surface area contributed by atoms with Crippen LogP contribution in [0.2, 0.25) is 0 Å². The average molecular weight is 466 g/mol. The Morgan fingerprint density at radius 1 is 1.29 bits per heavy atom. The summed E-state index contributed by atoms with van der Waals surface area (Å²) < 4.78 is 11.5. The van der Waals surface area contributed by atoms with Crippen LogP contribution in [0.15, 0.2) is 36.5 Å². The van der Waals surface area contributed by atoms with Crippen LogP contribution in [0.25, 0.3) is 0 Å². The number of carbonyl (C=O) groups is 1. The topological polar surface area (TPSA) is 75.1 Å². The van der Waals surface area contributed by atoms with Gasteiger partial charge in [-0.25, -0.2) is 4.98 Å². The highest BCUT2D eigenvalue weighted by Gasteiger charge is 2.34. The molecule has 0 bridgehead atoms. The van der Waals surface area contributed by atoms with Crippen molar-refractivity contribution < 1.29 is 19.4 Å². The molecule has 1 amide bonds. The van der Waals surface area contributed by atoms with Crippen LogP contribution >= 0.6 is 0 Å². The molecule has 1 aliphatic heterocycles. The molecule has 3 rings (SSSR count). The summed E-state index contributed by atoms with van der Waals surface area (Å²) in [7, 11) is 3.70. The number of fused-ring (bicyclic) bond motifs is 1. The third kappa shape index (κ3) is 6.28. The number of aromatic nitrogens is 1. The molecule has 0 spiro atoms. The maximum absolute atomic E-state index is 13.5. The van der Waals surface area contributed by atoms with Gasteiger partial charge in [0.2, 0.25) is 5.88 Å². The van der Waals surface area contributed by atoms with Gasteiger partial charge in [-0.05, 0) is 57.3 Å². The standard InChI is InChI=1S/C27H35N3O4/c1-6-13-29(4)17-25-19(2)16-30(20(3)18-31)27(32)24-14-22(15-28-26(24)34-25)8-7-21-9-11-23(33-5)12-10-21/h9-12,14-15,19-20,25,31H,6,13,16-18H2,1-5H3/t19-,20-,25-/m0/s1. The van der Waals surface area contributed by atoms with E-state index in [4.69, 9.17) is 9.47 Å². The minimum Gasteiger partial charge on any atom is -0.497 e. The maximum atomic E-state index is 13.5. The summed E-state index contributed by atoms with van der Waals surface area (Å²) in [5, 5.41) is 9.80. The first-order valence-corrected chi connectivity index (χ1v) is 11.8. The van der Waals surface area contributed by atoms with Gasteiger partial charge in [0.15, 0.2) is 0 Å². The van der Waals surface area contributed by atoms with E-state index in [0.29, 0.717) is 23.6 Å². The molecule has 0 fully saturated rings. The molecule has 0 saturated carbocycles. The SMILES string of the molecule is CCCN(C)C[C@@H]1Oc2ncc(C#Cc3ccc(OC)cc3)cc2C(=O)N([C@@H](C)CO)C[C@@H]1C. The van der Waals surface area contributed by atoms with Crippen molar-refractivity contribution in [1.29, 1.82) is 0 Å². The second-order valence-corrected chi connectivity index (χ2v) is 8.94. The minimum absolute atomic E-state index is 0.0711. The Kier molecular flexibility index (Phi) is 8.91. The molecule has 0 saturated heterocycles. The van der Waals surface area contributed by atoms with Crippen LogP contribution in [-0.2, 0) is 0 Å². The van der Waals surface area contributed by atoms with Gasteiger partial charge >= 0.3 is 0 Å². The number of hydrogen-bond donors (Lipinski definition) is 1. The van der Waals surface area contributed by atoms with Crippen LogP contribution in [-0.4, -0.2) is 78.3 Å². The number of pyridine rings is 1. The van der Waals surface area contributed by atoms with Crippen molar-refractivity contribution in [3.05, 3.63) is 53.2 Å². The number of methoxy groups -OCH3 is 1. The fourth-order valence-corrected chi connectivity index (χ4v) is 3.99. The van der Waals surface area contributed by atoms with Gasteiger partial charge in [-0.15, -0.1) is 0 Å². The minimum atomic E-state index is -0.316. The second kappa shape index (κ2) is 11.9. The van der Waals surface area contributed by atoms with Crippen molar-refractivity contribution in [3.8, 4) is 23.5 Å². The Balaban J connectivity index is 1.95. The molecule has 7 nitrogen and oxygen atoms in total. The van der Waals surface area contributed by atoms with Crippen LogP contribution in [0.4, 0.5) is 0 Å². The molecular weight excluding hydrogens is 430 g/mol. The Morgan fingerprint density at radius 2 is 2.00 bits per heavy atom. The molecule has 0 aliphatic carbocycles. The fourth-order valence-electron chi connectivity index (χ4n) is 3.99. The molecular formula is C27H35N3O4. The molecule has 7 heteroatoms. The van der Waals surface area contributed by atoms with Crippen LogP contribution in [0.5, 0.6) is 11.6 Å². The van der Waals surface area contributed by atoms with E-state index >= 15 is 0 Å². The van der Waals surface area contributed by atoms with Crippen molar-refractivity contribution in [1.82, 2.24) is 14.8 Å². The molecule has 1 aromatic heterocycles. The molecule has 2 aromatic rings. The number of benzene rings is 1. The highest BCUT2D eigenvalue weighted by atomic mass is 16.5. The molecule has 1 aliphatic rings. The number of carbonyl (C=O) groups excluding carboxylic acids is 1. The number of likely N-dealkylation sites (N-methyl/N-ethyl adjacent to an activating group) is 1. The van der Waals surface area contributed by atoms with Gasteiger partial charge in [-0.1, -0.05) is 25.7 Å². The van der Waals surface area contributed by atoms with Gasteiger partial charge in [-0.2, -0.15) is 0 Å². The normalized spacial score (nSPS) is 18.8. The Bertz CT molecular complexity index is 1030. The maximum Gasteiger partial charge on any atom is 0.259 e. The molecule has 0 radical (unpaired) electrons. The zero-order chi connectivity index (χ0) is 24.7. The molecule has 2 heterocycles. The van der Waals surface area contributed by atoms with Gasteiger partial charge in [0.25, 0.3) is 5.91 Å². The average Bonchev–Trinajstić information content (AvgIpc) is 2.85. The van der Waals surface area contributed by atoms with Gasteiger partial charge < -0.3 is 24.4 Å². The lowest BCUT2D eigenvalue weighted by Crippen LogP contribution is -2.50. The quantitative estimate of drug-likeness (QED) is 0.634. The van der Waals surface area contributed by atoms with Gasteiger partial charge in [0, 0.05) is 36.3 Å². The predicted molar refractivity (Wildman–Crippen MR) is 132 cm³/mol. The third-order valence-corrected chi connectivity index (χ3v) is 6.06. The molecule has 3 atom stereocenters. The predicted octanol–water partition coefficient (Wildman–Crippen LogP) is 3.05. The molecule has 34 heavy (non-hydrogen) atoms. The highest BCUT2D eigenvalue weighted by Crippen LogP contribution is 2.27. The first kappa shape index (κ1) is 25.5. The number of amides is 1. The highest BCUT2D eigenvalue weighted by molar-refractivity contribution is 5.97. The lowest BCUT2D eigenvalue weighted by Gasteiger charge is -2.37. The van der Waals surface area contributed by atoms with Crippen molar-refractivity contribution in [3.63, 3.8) is 0 Å². The Hall–Kier alpha value is -3.08. The number of hydrogen-bond acceptors (Lipinski definition) is 6. The monoisotopic (exact) mass is 465 g/mol. The van der Waals surface area contributed by atoms with Crippen LogP contribution in [0, 0.1) is 17.8 Å². The third-order valence-electron chi connectivity index (χ3n) is 6.06. The van der Waals surface area contributed by atoms with E-state index in [0.717, 1.165) is 30.8 Å². The van der Waals surface area contributed by atoms with E-state index < -0.39 is 0 Å². The smallest absolute Gasteiger partial charge is 0.259 e. The summed E-state index contributed by atoms with van der Waals surface area (Å²) in [4.78, 5) is 21.9. The summed E-state index contributed by atoms with van der Waals surface area (Å²) in [6, 6.07) is 8.89. The number of aliphatic hydroxyl groups excluding tert-OH is 1. The summed E-state index contributed by atoms with van der Waals surface area (Å²) in [6.45, 7) is 8.15. The van der Waals surface area contributed by atoms with Crippen molar-refractivity contribution >= 4 is 5.91 Å². The summed E-state index contributed by atoms with van der Waals surface area (Å²) >= 11 is 0. The number of aliphatic hydroxyl groups is 1. The van der Waals surface area contributed by atoms with E-state index in [2.05, 4.69) is 42.6 Å². The van der Waals surface area contributed by atoms with E-state index in [1.165, 1.54) is 0 Å². The fraction of sp³-hybridized carbons (Fsp3) is 0.481. The number of nitrogens with zero attached hydrogens (tertiary/aromatic N) is 3. The molecule has 0 unspecified atom stereocenters. The Morgan fingerprint density at radius 3 is 2.65 bits per heavy atom. The van der Waals surface area contributed by atoms with Crippen LogP contribution in [0.1, 0.15) is 48.7 Å². The summed E-state index contributed by atoms with van der Waals surface area (Å²) in [5.41, 5.74) is 1.83.